The number of fused-ring (bicyclic) bond motifs is 1. The van der Waals surface area contributed by atoms with Crippen LogP contribution < -0.4 is 5.32 Å². The van der Waals surface area contributed by atoms with E-state index in [0.29, 0.717) is 12.8 Å². The van der Waals surface area contributed by atoms with Gasteiger partial charge in [-0.3, -0.25) is 4.79 Å². The van der Waals surface area contributed by atoms with Gasteiger partial charge in [-0.15, -0.1) is 11.3 Å². The zero-order chi connectivity index (χ0) is 12.5. The van der Waals surface area contributed by atoms with E-state index in [1.165, 1.54) is 0 Å². The van der Waals surface area contributed by atoms with Crippen LogP contribution >= 0.6 is 11.3 Å². The van der Waals surface area contributed by atoms with E-state index in [-0.39, 0.29) is 5.91 Å². The van der Waals surface area contributed by atoms with Crippen molar-refractivity contribution in [1.29, 1.82) is 0 Å². The van der Waals surface area contributed by atoms with Crippen molar-refractivity contribution in [3.8, 4) is 0 Å². The first-order valence-electron chi connectivity index (χ1n) is 5.85. The molecule has 1 aliphatic rings. The lowest BCUT2D eigenvalue weighted by molar-refractivity contribution is -0.115. The first-order chi connectivity index (χ1) is 8.72. The molecule has 3 rings (SSSR count). The van der Waals surface area contributed by atoms with Gasteiger partial charge in [0.2, 0.25) is 5.91 Å². The molecule has 2 aromatic rings. The second kappa shape index (κ2) is 4.55. The molecule has 2 heterocycles. The number of thiophene rings is 1. The summed E-state index contributed by atoms with van der Waals surface area (Å²) in [6, 6.07) is 9.67. The molecule has 3 nitrogen and oxygen atoms in total. The quantitative estimate of drug-likeness (QED) is 0.890. The Bertz CT molecular complexity index is 577. The van der Waals surface area contributed by atoms with Crippen molar-refractivity contribution in [2.75, 3.05) is 5.32 Å². The van der Waals surface area contributed by atoms with E-state index in [1.54, 1.807) is 11.3 Å². The van der Waals surface area contributed by atoms with Gasteiger partial charge >= 0.3 is 0 Å². The molecule has 18 heavy (non-hydrogen) atoms. The molecule has 1 amide bonds. The van der Waals surface area contributed by atoms with Crippen LogP contribution in [0.4, 0.5) is 5.69 Å². The van der Waals surface area contributed by atoms with Crippen LogP contribution in [-0.4, -0.2) is 11.0 Å². The number of hydrogen-bond acceptors (Lipinski definition) is 3. The number of carbonyl (C=O) groups excluding carboxylic acids is 1. The Labute approximate surface area is 109 Å². The first kappa shape index (κ1) is 11.4. The number of anilines is 1. The molecule has 0 radical (unpaired) electrons. The molecule has 4 heteroatoms. The van der Waals surface area contributed by atoms with Crippen LogP contribution in [0.15, 0.2) is 35.7 Å². The van der Waals surface area contributed by atoms with Gasteiger partial charge in [-0.05, 0) is 28.6 Å². The summed E-state index contributed by atoms with van der Waals surface area (Å²) < 4.78 is 0. The van der Waals surface area contributed by atoms with E-state index >= 15 is 0 Å². The maximum absolute atomic E-state index is 11.3. The molecular formula is C14H13NO2S. The van der Waals surface area contributed by atoms with Crippen LogP contribution in [0.5, 0.6) is 0 Å². The van der Waals surface area contributed by atoms with Gasteiger partial charge in [0.15, 0.2) is 0 Å². The van der Waals surface area contributed by atoms with Crippen LogP contribution in [0.1, 0.15) is 22.1 Å². The zero-order valence-corrected chi connectivity index (χ0v) is 10.5. The summed E-state index contributed by atoms with van der Waals surface area (Å²) in [5, 5.41) is 15.0. The number of carbonyl (C=O) groups is 1. The molecule has 0 aliphatic carbocycles. The predicted molar refractivity (Wildman–Crippen MR) is 71.8 cm³/mol. The first-order valence-corrected chi connectivity index (χ1v) is 6.73. The monoisotopic (exact) mass is 259 g/mol. The lowest BCUT2D eigenvalue weighted by Gasteiger charge is -2.11. The highest BCUT2D eigenvalue weighted by atomic mass is 32.1. The normalized spacial score (nSPS) is 15.3. The van der Waals surface area contributed by atoms with Crippen LogP contribution in [-0.2, 0) is 17.6 Å². The molecule has 2 N–H and O–H groups in total. The van der Waals surface area contributed by atoms with Gasteiger partial charge in [-0.1, -0.05) is 18.2 Å². The molecule has 0 fully saturated rings. The standard InChI is InChI=1S/C14H13NO2S/c16-13(8-11-2-1-5-18-11)9-3-4-12-10(6-9)7-14(17)15-12/h1-6,13,16H,7-8H2,(H,15,17). The Balaban J connectivity index is 1.81. The third-order valence-electron chi connectivity index (χ3n) is 3.11. The van der Waals surface area contributed by atoms with Gasteiger partial charge in [0.25, 0.3) is 0 Å². The Morgan fingerprint density at radius 2 is 2.28 bits per heavy atom. The second-order valence-electron chi connectivity index (χ2n) is 4.44. The summed E-state index contributed by atoms with van der Waals surface area (Å²) in [5.74, 6) is 0.0231. The highest BCUT2D eigenvalue weighted by Gasteiger charge is 2.19. The van der Waals surface area contributed by atoms with E-state index in [2.05, 4.69) is 5.32 Å². The van der Waals surface area contributed by atoms with Crippen LogP contribution in [0, 0.1) is 0 Å². The number of nitrogens with one attached hydrogen (secondary N) is 1. The van der Waals surface area contributed by atoms with Crippen LogP contribution in [0.2, 0.25) is 0 Å². The summed E-state index contributed by atoms with van der Waals surface area (Å²) >= 11 is 1.65. The highest BCUT2D eigenvalue weighted by Crippen LogP contribution is 2.28. The predicted octanol–water partition coefficient (Wildman–Crippen LogP) is 2.52. The largest absolute Gasteiger partial charge is 0.388 e. The summed E-state index contributed by atoms with van der Waals surface area (Å²) in [6.07, 6.45) is 0.525. The number of aliphatic hydroxyl groups is 1. The van der Waals surface area contributed by atoms with Gasteiger partial charge in [-0.2, -0.15) is 0 Å². The van der Waals surface area contributed by atoms with Gasteiger partial charge in [0.05, 0.1) is 12.5 Å². The second-order valence-corrected chi connectivity index (χ2v) is 5.47. The third kappa shape index (κ3) is 2.17. The summed E-state index contributed by atoms with van der Waals surface area (Å²) in [6.45, 7) is 0. The lowest BCUT2D eigenvalue weighted by Crippen LogP contribution is -2.03. The van der Waals surface area contributed by atoms with Crippen molar-refractivity contribution in [3.63, 3.8) is 0 Å². The molecule has 0 spiro atoms. The Morgan fingerprint density at radius 3 is 3.06 bits per heavy atom. The van der Waals surface area contributed by atoms with Gasteiger partial charge in [-0.25, -0.2) is 0 Å². The number of hydrogen-bond donors (Lipinski definition) is 2. The number of aliphatic hydroxyl groups excluding tert-OH is 1. The minimum Gasteiger partial charge on any atom is -0.388 e. The average molecular weight is 259 g/mol. The third-order valence-corrected chi connectivity index (χ3v) is 4.01. The summed E-state index contributed by atoms with van der Waals surface area (Å²) in [7, 11) is 0. The maximum Gasteiger partial charge on any atom is 0.228 e. The molecule has 1 unspecified atom stereocenters. The minimum atomic E-state index is -0.510. The lowest BCUT2D eigenvalue weighted by atomic mass is 10.0. The van der Waals surface area contributed by atoms with Gasteiger partial charge in [0, 0.05) is 17.0 Å². The molecule has 0 bridgehead atoms. The maximum atomic E-state index is 11.3. The molecule has 1 aromatic heterocycles. The van der Waals surface area contributed by atoms with Gasteiger partial charge < -0.3 is 10.4 Å². The van der Waals surface area contributed by atoms with E-state index in [0.717, 1.165) is 21.7 Å². The molecule has 1 aromatic carbocycles. The fourth-order valence-electron chi connectivity index (χ4n) is 2.19. The molecular weight excluding hydrogens is 246 g/mol. The molecule has 1 aliphatic heterocycles. The molecule has 1 atom stereocenters. The minimum absolute atomic E-state index is 0.0231. The molecule has 0 saturated carbocycles. The Morgan fingerprint density at radius 1 is 1.39 bits per heavy atom. The fraction of sp³-hybridized carbons (Fsp3) is 0.214. The van der Waals surface area contributed by atoms with E-state index in [9.17, 15) is 9.90 Å². The molecule has 0 saturated heterocycles. The van der Waals surface area contributed by atoms with E-state index in [4.69, 9.17) is 0 Å². The summed E-state index contributed by atoms with van der Waals surface area (Å²) in [4.78, 5) is 12.4. The van der Waals surface area contributed by atoms with Crippen molar-refractivity contribution < 1.29 is 9.90 Å². The zero-order valence-electron chi connectivity index (χ0n) is 9.72. The molecule has 92 valence electrons. The van der Waals surface area contributed by atoms with Crippen molar-refractivity contribution in [2.45, 2.75) is 18.9 Å². The van der Waals surface area contributed by atoms with Crippen molar-refractivity contribution >= 4 is 22.9 Å². The SMILES string of the molecule is O=C1Cc2cc(C(O)Cc3cccs3)ccc2N1. The van der Waals surface area contributed by atoms with E-state index < -0.39 is 6.10 Å². The summed E-state index contributed by atoms with van der Waals surface area (Å²) in [5.41, 5.74) is 2.72. The Hall–Kier alpha value is -1.65. The number of amides is 1. The van der Waals surface area contributed by atoms with E-state index in [1.807, 2.05) is 35.7 Å². The fourth-order valence-corrected chi connectivity index (χ4v) is 2.94. The Kier molecular flexibility index (Phi) is 2.89. The average Bonchev–Trinajstić information content (AvgIpc) is 2.95. The number of benzene rings is 1. The smallest absolute Gasteiger partial charge is 0.228 e. The van der Waals surface area contributed by atoms with Crippen molar-refractivity contribution in [1.82, 2.24) is 0 Å². The topological polar surface area (TPSA) is 49.3 Å². The van der Waals surface area contributed by atoms with Gasteiger partial charge in [0.1, 0.15) is 0 Å². The van der Waals surface area contributed by atoms with Crippen LogP contribution in [0.25, 0.3) is 0 Å². The van der Waals surface area contributed by atoms with Crippen LogP contribution in [0.3, 0.4) is 0 Å². The van der Waals surface area contributed by atoms with Crippen molar-refractivity contribution in [2.24, 2.45) is 0 Å². The number of rotatable bonds is 3. The highest BCUT2D eigenvalue weighted by molar-refractivity contribution is 7.09. The van der Waals surface area contributed by atoms with Crippen molar-refractivity contribution in [3.05, 3.63) is 51.7 Å².